The molecule has 0 aliphatic carbocycles. The van der Waals surface area contributed by atoms with Gasteiger partial charge in [0.2, 0.25) is 0 Å². The van der Waals surface area contributed by atoms with Crippen LogP contribution >= 0.6 is 0 Å². The van der Waals surface area contributed by atoms with Gasteiger partial charge < -0.3 is 9.13 Å². The number of benzene rings is 11. The lowest BCUT2D eigenvalue weighted by molar-refractivity contribution is 1.01. The lowest BCUT2D eigenvalue weighted by Gasteiger charge is -2.23. The summed E-state index contributed by atoms with van der Waals surface area (Å²) in [7, 11) is 4.42. The van der Waals surface area contributed by atoms with Crippen LogP contribution in [0.2, 0.25) is 0 Å². The Morgan fingerprint density at radius 3 is 1.14 bits per heavy atom. The Hall–Kier alpha value is -7.16. The summed E-state index contributed by atoms with van der Waals surface area (Å²) in [5.41, 5.74) is 10.0. The normalized spacial score (nSPS) is 12.5. The maximum Gasteiger partial charge on any atom is 0.0494 e. The van der Waals surface area contributed by atoms with E-state index in [1.165, 1.54) is 131 Å². The third-order valence-electron chi connectivity index (χ3n) is 13.0. The highest BCUT2D eigenvalue weighted by Gasteiger charge is 2.25. The molecule has 0 saturated heterocycles. The molecule has 0 atom stereocenters. The smallest absolute Gasteiger partial charge is 0.0494 e. The topological polar surface area (TPSA) is 9.86 Å². The molecule has 0 radical (unpaired) electrons. The zero-order chi connectivity index (χ0) is 36.8. The van der Waals surface area contributed by atoms with Gasteiger partial charge in [-0.05, 0) is 123 Å². The predicted molar refractivity (Wildman–Crippen MR) is 242 cm³/mol. The van der Waals surface area contributed by atoms with Crippen molar-refractivity contribution in [2.75, 3.05) is 0 Å². The van der Waals surface area contributed by atoms with Gasteiger partial charge in [0, 0.05) is 57.7 Å². The molecule has 2 aromatic heterocycles. The van der Waals surface area contributed by atoms with Gasteiger partial charge in [-0.1, -0.05) is 133 Å². The fourth-order valence-corrected chi connectivity index (χ4v) is 10.5. The minimum Gasteiger partial charge on any atom is -0.344 e. The molecule has 0 aliphatic rings. The van der Waals surface area contributed by atoms with Crippen LogP contribution in [0.15, 0.2) is 170 Å². The maximum absolute atomic E-state index is 2.46. The molecule has 0 amide bonds. The van der Waals surface area contributed by atoms with Gasteiger partial charge in [-0.3, -0.25) is 0 Å². The summed E-state index contributed by atoms with van der Waals surface area (Å²) in [4.78, 5) is 0. The Morgan fingerprint density at radius 2 is 0.661 bits per heavy atom. The van der Waals surface area contributed by atoms with Gasteiger partial charge >= 0.3 is 0 Å². The van der Waals surface area contributed by atoms with E-state index in [4.69, 9.17) is 0 Å². The number of para-hydroxylation sites is 2. The average molecular weight is 711 g/mol. The molecule has 0 aliphatic heterocycles. The van der Waals surface area contributed by atoms with Gasteiger partial charge in [0.1, 0.15) is 0 Å². The van der Waals surface area contributed by atoms with E-state index < -0.39 is 0 Å². The first-order valence-corrected chi connectivity index (χ1v) is 19.6. The number of aromatic nitrogens is 2. The fraction of sp³-hybridized carbons (Fsp3) is 0.0370. The van der Waals surface area contributed by atoms with E-state index in [1.54, 1.807) is 0 Å². The van der Waals surface area contributed by atoms with Crippen molar-refractivity contribution >= 4 is 108 Å². The fourth-order valence-electron chi connectivity index (χ4n) is 10.5. The molecular weight excluding hydrogens is 677 g/mol. The molecular formula is C54H34N2. The van der Waals surface area contributed by atoms with Crippen LogP contribution < -0.4 is 0 Å². The molecule has 0 N–H and O–H groups in total. The Bertz CT molecular complexity index is 3590. The number of rotatable bonds is 2. The van der Waals surface area contributed by atoms with Gasteiger partial charge in [0.25, 0.3) is 0 Å². The van der Waals surface area contributed by atoms with Crippen molar-refractivity contribution in [2.45, 2.75) is 0 Å². The summed E-state index contributed by atoms with van der Waals surface area (Å²) in [6, 6.07) is 64.1. The number of hydrogen-bond acceptors (Lipinski definition) is 0. The summed E-state index contributed by atoms with van der Waals surface area (Å²) < 4.78 is 4.73. The maximum atomic E-state index is 2.46. The number of fused-ring (bicyclic) bond motifs is 11. The molecule has 2 heteroatoms. The van der Waals surface area contributed by atoms with Gasteiger partial charge in [-0.25, -0.2) is 0 Å². The molecule has 2 nitrogen and oxygen atoms in total. The van der Waals surface area contributed by atoms with E-state index in [1.807, 2.05) is 0 Å². The first kappa shape index (κ1) is 30.2. The highest BCUT2D eigenvalue weighted by molar-refractivity contribution is 6.41. The molecule has 56 heavy (non-hydrogen) atoms. The summed E-state index contributed by atoms with van der Waals surface area (Å²) in [6.45, 7) is 0. The standard InChI is InChI=1S/C54H34N2/c1-55-45-19-7-5-15-37(45)39-25-23-35(29-47(39)55)51-43-27-33-11-3-4-12-34(33)28-44(43)52(36-24-26-40-38-16-6-8-20-46(38)56(2)48(40)30-36)54-42-18-10-14-32-22-21-31-13-9-17-41(53(51)54)49(31)50(32)42/h3-30H,1-2H3. The summed E-state index contributed by atoms with van der Waals surface area (Å²) in [5.74, 6) is 0. The van der Waals surface area contributed by atoms with Crippen molar-refractivity contribution < 1.29 is 0 Å². The van der Waals surface area contributed by atoms with Crippen molar-refractivity contribution in [1.29, 1.82) is 0 Å². The van der Waals surface area contributed by atoms with Crippen LogP contribution in [-0.4, -0.2) is 9.13 Å². The number of hydrogen-bond donors (Lipinski definition) is 0. The minimum absolute atomic E-state index is 1.24. The van der Waals surface area contributed by atoms with E-state index in [-0.39, 0.29) is 0 Å². The van der Waals surface area contributed by atoms with E-state index in [0.29, 0.717) is 0 Å². The first-order valence-electron chi connectivity index (χ1n) is 19.6. The largest absolute Gasteiger partial charge is 0.344 e. The summed E-state index contributed by atoms with van der Waals surface area (Å²) in [5, 5.41) is 20.7. The minimum atomic E-state index is 1.24. The van der Waals surface area contributed by atoms with Gasteiger partial charge in [0.05, 0.1) is 0 Å². The average Bonchev–Trinajstić information content (AvgIpc) is 3.70. The van der Waals surface area contributed by atoms with Crippen molar-refractivity contribution in [3.8, 4) is 22.3 Å². The Morgan fingerprint density at radius 1 is 0.268 bits per heavy atom. The van der Waals surface area contributed by atoms with Crippen LogP contribution in [0.5, 0.6) is 0 Å². The lowest BCUT2D eigenvalue weighted by atomic mass is 9.79. The highest BCUT2D eigenvalue weighted by atomic mass is 14.9. The van der Waals surface area contributed by atoms with Crippen LogP contribution in [-0.2, 0) is 14.1 Å². The number of aryl methyl sites for hydroxylation is 2. The molecule has 11 aromatic carbocycles. The molecule has 2 heterocycles. The van der Waals surface area contributed by atoms with Crippen molar-refractivity contribution in [2.24, 2.45) is 14.1 Å². The van der Waals surface area contributed by atoms with E-state index in [9.17, 15) is 0 Å². The molecule has 13 aromatic rings. The molecule has 13 rings (SSSR count). The van der Waals surface area contributed by atoms with Crippen LogP contribution in [0.25, 0.3) is 131 Å². The highest BCUT2D eigenvalue weighted by Crippen LogP contribution is 2.52. The third kappa shape index (κ3) is 3.80. The van der Waals surface area contributed by atoms with Gasteiger partial charge in [0.15, 0.2) is 0 Å². The second-order valence-electron chi connectivity index (χ2n) is 15.7. The molecule has 260 valence electrons. The van der Waals surface area contributed by atoms with E-state index in [0.717, 1.165) is 0 Å². The number of nitrogens with zero attached hydrogens (tertiary/aromatic N) is 2. The Labute approximate surface area is 322 Å². The van der Waals surface area contributed by atoms with E-state index in [2.05, 4.69) is 193 Å². The monoisotopic (exact) mass is 710 g/mol. The van der Waals surface area contributed by atoms with Crippen LogP contribution in [0.3, 0.4) is 0 Å². The van der Waals surface area contributed by atoms with Gasteiger partial charge in [-0.2, -0.15) is 0 Å². The molecule has 0 unspecified atom stereocenters. The van der Waals surface area contributed by atoms with Crippen LogP contribution in [0.1, 0.15) is 0 Å². The zero-order valence-electron chi connectivity index (χ0n) is 31.1. The Balaban J connectivity index is 1.30. The third-order valence-corrected chi connectivity index (χ3v) is 13.0. The SMILES string of the molecule is Cn1c2ccccc2c2ccc(-c3c4cc5ccccc5cc4c(-c4ccc5c6ccccc6n(C)c5c4)c4c5cccc6ccc7cccc(c34)c7c65)cc21. The zero-order valence-corrected chi connectivity index (χ0v) is 31.1. The molecule has 0 saturated carbocycles. The van der Waals surface area contributed by atoms with Crippen molar-refractivity contribution in [1.82, 2.24) is 9.13 Å². The van der Waals surface area contributed by atoms with E-state index >= 15 is 0 Å². The van der Waals surface area contributed by atoms with Crippen molar-refractivity contribution in [3.05, 3.63) is 170 Å². The predicted octanol–water partition coefficient (Wildman–Crippen LogP) is 14.7. The van der Waals surface area contributed by atoms with Crippen molar-refractivity contribution in [3.63, 3.8) is 0 Å². The summed E-state index contributed by atoms with van der Waals surface area (Å²) in [6.07, 6.45) is 0. The second-order valence-corrected chi connectivity index (χ2v) is 15.7. The molecule has 0 bridgehead atoms. The molecule has 0 fully saturated rings. The van der Waals surface area contributed by atoms with Gasteiger partial charge in [-0.15, -0.1) is 0 Å². The molecule has 0 spiro atoms. The Kier molecular flexibility index (Phi) is 5.79. The lowest BCUT2D eigenvalue weighted by Crippen LogP contribution is -1.96. The van der Waals surface area contributed by atoms with Crippen LogP contribution in [0.4, 0.5) is 0 Å². The summed E-state index contributed by atoms with van der Waals surface area (Å²) >= 11 is 0. The second kappa shape index (κ2) is 10.7. The van der Waals surface area contributed by atoms with Crippen LogP contribution in [0, 0.1) is 0 Å². The first-order chi connectivity index (χ1) is 27.6. The quantitative estimate of drug-likeness (QED) is 0.125.